The van der Waals surface area contributed by atoms with Crippen molar-refractivity contribution in [1.82, 2.24) is 15.5 Å². The number of carbonyl (C=O) groups excluding carboxylic acids is 3. The fraction of sp³-hybridized carbons (Fsp3) is 0.333. The third-order valence-corrected chi connectivity index (χ3v) is 6.57. The quantitative estimate of drug-likeness (QED) is 0.316. The number of phenolic OH excluding ortho intramolecular Hbond substituents is 2. The van der Waals surface area contributed by atoms with E-state index in [1.807, 2.05) is 13.8 Å². The second kappa shape index (κ2) is 7.33. The van der Waals surface area contributed by atoms with Crippen LogP contribution in [0, 0.1) is 20.8 Å². The molecule has 2 heterocycles. The van der Waals surface area contributed by atoms with Gasteiger partial charge in [0.15, 0.2) is 17.3 Å². The van der Waals surface area contributed by atoms with E-state index in [0.29, 0.717) is 12.2 Å². The van der Waals surface area contributed by atoms with Crippen LogP contribution in [0.5, 0.6) is 17.2 Å². The van der Waals surface area contributed by atoms with Crippen LogP contribution in [0.15, 0.2) is 23.1 Å². The predicted octanol–water partition coefficient (Wildman–Crippen LogP) is 2.70. The van der Waals surface area contributed by atoms with Crippen LogP contribution in [0.25, 0.3) is 0 Å². The number of ether oxygens (including phenoxy) is 1. The monoisotopic (exact) mass is 451 g/mol. The van der Waals surface area contributed by atoms with Crippen LogP contribution >= 0.6 is 0 Å². The average Bonchev–Trinajstić information content (AvgIpc) is 3.21. The van der Waals surface area contributed by atoms with E-state index in [2.05, 4.69) is 15.5 Å². The lowest BCUT2D eigenvalue weighted by Crippen LogP contribution is -2.41. The summed E-state index contributed by atoms with van der Waals surface area (Å²) >= 11 is 0. The molecule has 1 aliphatic heterocycles. The fourth-order valence-corrected chi connectivity index (χ4v) is 4.51. The molecule has 2 aliphatic rings. The molecule has 4 rings (SSSR count). The number of carbonyl (C=O) groups is 3. The van der Waals surface area contributed by atoms with Crippen LogP contribution in [0.3, 0.4) is 0 Å². The van der Waals surface area contributed by atoms with Gasteiger partial charge in [-0.3, -0.25) is 19.5 Å². The Labute approximate surface area is 190 Å². The molecule has 0 radical (unpaired) electrons. The number of ketones is 3. The molecule has 172 valence electrons. The van der Waals surface area contributed by atoms with Crippen molar-refractivity contribution in [3.8, 4) is 17.2 Å². The fourth-order valence-electron chi connectivity index (χ4n) is 4.51. The van der Waals surface area contributed by atoms with Gasteiger partial charge in [-0.1, -0.05) is 0 Å². The number of nitrogens with zero attached hydrogens (tertiary/aromatic N) is 1. The van der Waals surface area contributed by atoms with Crippen molar-refractivity contribution < 1.29 is 29.3 Å². The summed E-state index contributed by atoms with van der Waals surface area (Å²) in [4.78, 5) is 38.9. The van der Waals surface area contributed by atoms with Gasteiger partial charge in [0.2, 0.25) is 0 Å². The molecule has 0 saturated heterocycles. The average molecular weight is 451 g/mol. The second-order valence-electron chi connectivity index (χ2n) is 8.65. The molecule has 4 N–H and O–H groups in total. The maximum atomic E-state index is 13.8. The first-order valence-corrected chi connectivity index (χ1v) is 10.4. The van der Waals surface area contributed by atoms with Crippen molar-refractivity contribution in [3.63, 3.8) is 0 Å². The molecule has 9 heteroatoms. The van der Waals surface area contributed by atoms with Gasteiger partial charge in [-0.05, 0) is 41.5 Å². The Hall–Kier alpha value is -3.88. The summed E-state index contributed by atoms with van der Waals surface area (Å²) in [5.41, 5.74) is 1.38. The van der Waals surface area contributed by atoms with Crippen LogP contribution in [0.2, 0.25) is 0 Å². The summed E-state index contributed by atoms with van der Waals surface area (Å²) in [6.45, 7) is 9.97. The van der Waals surface area contributed by atoms with Crippen molar-refractivity contribution in [1.29, 1.82) is 0 Å². The minimum Gasteiger partial charge on any atom is -0.507 e. The maximum Gasteiger partial charge on any atom is 0.194 e. The molecule has 9 nitrogen and oxygen atoms in total. The standard InChI is InChI=1S/C24H25N3O6/c1-9-20(30)18(13(5)28)22-19(21(9)31)24(6)16(33-22)7-15(29)17(23(24)32)12(4)25-8-14-10(2)26-27-11(14)3/h7,25,30-31H,8H2,1-6H3,(H,26,27)/b17-12+/t24-/m0/s1. The number of hydrogen-bond acceptors (Lipinski definition) is 8. The first kappa shape index (κ1) is 22.3. The third-order valence-electron chi connectivity index (χ3n) is 6.57. The first-order valence-electron chi connectivity index (χ1n) is 10.4. The number of phenols is 2. The number of H-pyrrole nitrogens is 1. The van der Waals surface area contributed by atoms with Gasteiger partial charge in [-0.2, -0.15) is 5.10 Å². The van der Waals surface area contributed by atoms with E-state index in [1.165, 1.54) is 26.8 Å². The largest absolute Gasteiger partial charge is 0.507 e. The molecular weight excluding hydrogens is 426 g/mol. The van der Waals surface area contributed by atoms with E-state index in [1.54, 1.807) is 6.92 Å². The number of aromatic nitrogens is 2. The molecular formula is C24H25N3O6. The van der Waals surface area contributed by atoms with Crippen molar-refractivity contribution in [2.45, 2.75) is 53.5 Å². The zero-order valence-corrected chi connectivity index (χ0v) is 19.3. The Balaban J connectivity index is 1.85. The molecule has 0 saturated carbocycles. The molecule has 33 heavy (non-hydrogen) atoms. The Morgan fingerprint density at radius 2 is 1.85 bits per heavy atom. The molecule has 2 aromatic rings. The van der Waals surface area contributed by atoms with Crippen LogP contribution in [-0.2, 0) is 21.5 Å². The van der Waals surface area contributed by atoms with E-state index in [0.717, 1.165) is 17.0 Å². The lowest BCUT2D eigenvalue weighted by molar-refractivity contribution is -0.123. The number of aromatic hydroxyl groups is 2. The predicted molar refractivity (Wildman–Crippen MR) is 118 cm³/mol. The molecule has 1 aromatic heterocycles. The van der Waals surface area contributed by atoms with E-state index in [9.17, 15) is 24.6 Å². The Bertz CT molecular complexity index is 1310. The van der Waals surface area contributed by atoms with Crippen molar-refractivity contribution in [3.05, 3.63) is 56.7 Å². The Kier molecular flexibility index (Phi) is 4.96. The minimum atomic E-state index is -1.53. The molecule has 0 bridgehead atoms. The number of rotatable bonds is 4. The van der Waals surface area contributed by atoms with Gasteiger partial charge in [0.1, 0.15) is 34.0 Å². The van der Waals surface area contributed by atoms with Crippen LogP contribution in [0.1, 0.15) is 59.2 Å². The summed E-state index contributed by atoms with van der Waals surface area (Å²) in [6.07, 6.45) is 1.20. The summed E-state index contributed by atoms with van der Waals surface area (Å²) in [5.74, 6) is -2.47. The lowest BCUT2D eigenvalue weighted by Gasteiger charge is -2.29. The number of allylic oxidation sites excluding steroid dienone is 4. The number of benzene rings is 1. The summed E-state index contributed by atoms with van der Waals surface area (Å²) in [6, 6.07) is 0. The minimum absolute atomic E-state index is 0.00775. The number of hydrogen-bond donors (Lipinski definition) is 4. The molecule has 1 aromatic carbocycles. The van der Waals surface area contributed by atoms with Gasteiger partial charge in [0.25, 0.3) is 0 Å². The van der Waals surface area contributed by atoms with Crippen LogP contribution in [-0.4, -0.2) is 37.8 Å². The van der Waals surface area contributed by atoms with Gasteiger partial charge in [0.05, 0.1) is 16.8 Å². The highest BCUT2D eigenvalue weighted by atomic mass is 16.5. The highest BCUT2D eigenvalue weighted by Gasteiger charge is 2.56. The molecule has 0 unspecified atom stereocenters. The zero-order valence-electron chi connectivity index (χ0n) is 19.3. The van der Waals surface area contributed by atoms with E-state index in [-0.39, 0.29) is 39.5 Å². The summed E-state index contributed by atoms with van der Waals surface area (Å²) in [7, 11) is 0. The SMILES string of the molecule is CC(=O)c1c(O)c(C)c(O)c2c1OC1=CC(=O)/C(=C(/C)NCc3c(C)n[nH]c3C)C(=O)[C@@]12C. The molecule has 0 amide bonds. The van der Waals surface area contributed by atoms with Crippen LogP contribution in [0.4, 0.5) is 0 Å². The van der Waals surface area contributed by atoms with E-state index < -0.39 is 28.5 Å². The number of fused-ring (bicyclic) bond motifs is 3. The number of Topliss-reactive ketones (excluding diaryl/α,β-unsaturated/α-hetero) is 2. The third kappa shape index (κ3) is 2.99. The molecule has 1 atom stereocenters. The number of nitrogens with one attached hydrogen (secondary N) is 2. The van der Waals surface area contributed by atoms with Gasteiger partial charge in [-0.15, -0.1) is 0 Å². The van der Waals surface area contributed by atoms with Gasteiger partial charge in [-0.25, -0.2) is 0 Å². The highest BCUT2D eigenvalue weighted by Crippen LogP contribution is 2.57. The lowest BCUT2D eigenvalue weighted by atomic mass is 9.70. The summed E-state index contributed by atoms with van der Waals surface area (Å²) < 4.78 is 5.77. The first-order chi connectivity index (χ1) is 15.4. The number of aromatic amines is 1. The van der Waals surface area contributed by atoms with Crippen LogP contribution < -0.4 is 10.1 Å². The van der Waals surface area contributed by atoms with Gasteiger partial charge in [0, 0.05) is 35.1 Å². The summed E-state index contributed by atoms with van der Waals surface area (Å²) in [5, 5.41) is 31.5. The van der Waals surface area contributed by atoms with Gasteiger partial charge < -0.3 is 20.3 Å². The smallest absolute Gasteiger partial charge is 0.194 e. The van der Waals surface area contributed by atoms with E-state index in [4.69, 9.17) is 4.74 Å². The maximum absolute atomic E-state index is 13.8. The van der Waals surface area contributed by atoms with Crippen molar-refractivity contribution in [2.24, 2.45) is 0 Å². The Morgan fingerprint density at radius 1 is 1.18 bits per heavy atom. The van der Waals surface area contributed by atoms with E-state index >= 15 is 0 Å². The zero-order chi connectivity index (χ0) is 24.4. The molecule has 0 fully saturated rings. The van der Waals surface area contributed by atoms with Crippen molar-refractivity contribution >= 4 is 17.3 Å². The highest BCUT2D eigenvalue weighted by molar-refractivity contribution is 6.31. The molecule has 1 aliphatic carbocycles. The number of aryl methyl sites for hydroxylation is 2. The molecule has 0 spiro atoms. The second-order valence-corrected chi connectivity index (χ2v) is 8.65. The normalized spacial score (nSPS) is 20.7. The van der Waals surface area contributed by atoms with Crippen molar-refractivity contribution in [2.75, 3.05) is 0 Å². The van der Waals surface area contributed by atoms with Gasteiger partial charge >= 0.3 is 0 Å². The Morgan fingerprint density at radius 3 is 2.42 bits per heavy atom. The topological polar surface area (TPSA) is 142 Å².